The zero-order chi connectivity index (χ0) is 18.1. The highest BCUT2D eigenvalue weighted by atomic mass is 127. The van der Waals surface area contributed by atoms with Gasteiger partial charge in [-0.1, -0.05) is 15.9 Å². The Bertz CT molecular complexity index is 566. The van der Waals surface area contributed by atoms with Crippen LogP contribution in [0.2, 0.25) is 0 Å². The summed E-state index contributed by atoms with van der Waals surface area (Å²) in [4.78, 5) is 6.80. The molecule has 2 rings (SSSR count). The molecule has 0 amide bonds. The summed E-state index contributed by atoms with van der Waals surface area (Å²) in [6, 6.07) is 6.46. The van der Waals surface area contributed by atoms with Crippen LogP contribution in [-0.4, -0.2) is 64.4 Å². The summed E-state index contributed by atoms with van der Waals surface area (Å²) in [6.07, 6.45) is 2.23. The first kappa shape index (κ1) is 23.5. The maximum Gasteiger partial charge on any atom is 0.191 e. The van der Waals surface area contributed by atoms with Gasteiger partial charge in [0.25, 0.3) is 0 Å². The quantitative estimate of drug-likeness (QED) is 0.316. The second-order valence-electron chi connectivity index (χ2n) is 6.13. The molecule has 0 aromatic heterocycles. The van der Waals surface area contributed by atoms with Gasteiger partial charge in [-0.25, -0.2) is 0 Å². The molecule has 148 valence electrons. The van der Waals surface area contributed by atoms with Gasteiger partial charge in [-0.2, -0.15) is 0 Å². The number of ether oxygens (including phenoxy) is 2. The van der Waals surface area contributed by atoms with Crippen molar-refractivity contribution in [3.63, 3.8) is 0 Å². The number of likely N-dealkylation sites (tertiary alicyclic amines) is 1. The van der Waals surface area contributed by atoms with E-state index in [0.717, 1.165) is 60.8 Å². The molecule has 0 saturated carbocycles. The Kier molecular flexibility index (Phi) is 11.5. The standard InChI is InChI=1S/C18H29BrN4O2.HI/c1-20-18(21-13-14-12-15(19)4-5-17(14)25-3)22-16-6-8-23(9-7-16)10-11-24-2;/h4-5,12,16H,6-11,13H2,1-3H3,(H2,20,21,22);1H. The van der Waals surface area contributed by atoms with Gasteiger partial charge in [-0.3, -0.25) is 4.99 Å². The van der Waals surface area contributed by atoms with Gasteiger partial charge in [-0.05, 0) is 31.0 Å². The number of benzene rings is 1. The Morgan fingerprint density at radius 1 is 1.31 bits per heavy atom. The van der Waals surface area contributed by atoms with E-state index in [-0.39, 0.29) is 24.0 Å². The van der Waals surface area contributed by atoms with Gasteiger partial charge < -0.3 is 25.0 Å². The highest BCUT2D eigenvalue weighted by Gasteiger charge is 2.19. The fraction of sp³-hybridized carbons (Fsp3) is 0.611. The fourth-order valence-corrected chi connectivity index (χ4v) is 3.38. The third kappa shape index (κ3) is 7.58. The molecule has 6 nitrogen and oxygen atoms in total. The smallest absolute Gasteiger partial charge is 0.191 e. The van der Waals surface area contributed by atoms with Crippen molar-refractivity contribution in [2.45, 2.75) is 25.4 Å². The largest absolute Gasteiger partial charge is 0.496 e. The fourth-order valence-electron chi connectivity index (χ4n) is 2.97. The summed E-state index contributed by atoms with van der Waals surface area (Å²) < 4.78 is 11.6. The molecule has 26 heavy (non-hydrogen) atoms. The van der Waals surface area contributed by atoms with E-state index in [2.05, 4.69) is 42.5 Å². The van der Waals surface area contributed by atoms with E-state index >= 15 is 0 Å². The first-order valence-electron chi connectivity index (χ1n) is 8.67. The number of rotatable bonds is 7. The second kappa shape index (κ2) is 12.7. The highest BCUT2D eigenvalue weighted by Crippen LogP contribution is 2.22. The van der Waals surface area contributed by atoms with Crippen molar-refractivity contribution in [1.29, 1.82) is 0 Å². The molecule has 0 bridgehead atoms. The van der Waals surface area contributed by atoms with E-state index < -0.39 is 0 Å². The maximum absolute atomic E-state index is 5.42. The van der Waals surface area contributed by atoms with Crippen molar-refractivity contribution in [1.82, 2.24) is 15.5 Å². The summed E-state index contributed by atoms with van der Waals surface area (Å²) >= 11 is 3.51. The van der Waals surface area contributed by atoms with Gasteiger partial charge in [0, 0.05) is 56.4 Å². The summed E-state index contributed by atoms with van der Waals surface area (Å²) in [6.45, 7) is 4.67. The Balaban J connectivity index is 0.00000338. The van der Waals surface area contributed by atoms with Crippen LogP contribution in [0.1, 0.15) is 18.4 Å². The van der Waals surface area contributed by atoms with Gasteiger partial charge in [-0.15, -0.1) is 24.0 Å². The summed E-state index contributed by atoms with van der Waals surface area (Å²) in [5, 5.41) is 6.92. The summed E-state index contributed by atoms with van der Waals surface area (Å²) in [7, 11) is 5.25. The molecular formula is C18H30BrIN4O2. The number of nitrogens with zero attached hydrogens (tertiary/aromatic N) is 2. The van der Waals surface area contributed by atoms with Gasteiger partial charge in [0.2, 0.25) is 0 Å². The van der Waals surface area contributed by atoms with Crippen molar-refractivity contribution in [2.24, 2.45) is 4.99 Å². The monoisotopic (exact) mass is 540 g/mol. The van der Waals surface area contributed by atoms with Gasteiger partial charge >= 0.3 is 0 Å². The van der Waals surface area contributed by atoms with E-state index in [1.165, 1.54) is 0 Å². The molecule has 0 atom stereocenters. The topological polar surface area (TPSA) is 58.1 Å². The molecule has 1 heterocycles. The Labute approximate surface area is 182 Å². The minimum Gasteiger partial charge on any atom is -0.496 e. The molecule has 1 aromatic carbocycles. The zero-order valence-electron chi connectivity index (χ0n) is 15.8. The molecule has 2 N–H and O–H groups in total. The maximum atomic E-state index is 5.42. The lowest BCUT2D eigenvalue weighted by atomic mass is 10.1. The van der Waals surface area contributed by atoms with E-state index in [1.54, 1.807) is 21.3 Å². The zero-order valence-corrected chi connectivity index (χ0v) is 19.7. The molecule has 0 radical (unpaired) electrons. The Morgan fingerprint density at radius 2 is 2.04 bits per heavy atom. The van der Waals surface area contributed by atoms with Crippen LogP contribution in [0.4, 0.5) is 0 Å². The highest BCUT2D eigenvalue weighted by molar-refractivity contribution is 14.0. The molecule has 1 aliphatic heterocycles. The van der Waals surface area contributed by atoms with Crippen LogP contribution in [-0.2, 0) is 11.3 Å². The molecule has 1 fully saturated rings. The van der Waals surface area contributed by atoms with Gasteiger partial charge in [0.1, 0.15) is 5.75 Å². The van der Waals surface area contributed by atoms with Crippen molar-refractivity contribution >= 4 is 45.9 Å². The molecule has 0 aliphatic carbocycles. The predicted molar refractivity (Wildman–Crippen MR) is 121 cm³/mol. The van der Waals surface area contributed by atoms with Crippen LogP contribution in [0, 0.1) is 0 Å². The average Bonchev–Trinajstić information content (AvgIpc) is 2.64. The van der Waals surface area contributed by atoms with Crippen molar-refractivity contribution in [3.05, 3.63) is 28.2 Å². The first-order valence-corrected chi connectivity index (χ1v) is 9.46. The van der Waals surface area contributed by atoms with Crippen molar-refractivity contribution in [2.75, 3.05) is 47.5 Å². The number of piperidine rings is 1. The van der Waals surface area contributed by atoms with Gasteiger partial charge in [0.15, 0.2) is 5.96 Å². The van der Waals surface area contributed by atoms with E-state index in [4.69, 9.17) is 9.47 Å². The lowest BCUT2D eigenvalue weighted by molar-refractivity contribution is 0.128. The van der Waals surface area contributed by atoms with E-state index in [9.17, 15) is 0 Å². The third-order valence-electron chi connectivity index (χ3n) is 4.45. The molecule has 1 aromatic rings. The third-order valence-corrected chi connectivity index (χ3v) is 4.95. The first-order chi connectivity index (χ1) is 12.2. The Morgan fingerprint density at radius 3 is 2.65 bits per heavy atom. The Hall–Kier alpha value is -0.580. The number of methoxy groups -OCH3 is 2. The number of aliphatic imine (C=N–C) groups is 1. The summed E-state index contributed by atoms with van der Waals surface area (Å²) in [5.74, 6) is 1.70. The van der Waals surface area contributed by atoms with Crippen LogP contribution < -0.4 is 15.4 Å². The molecule has 1 saturated heterocycles. The molecule has 8 heteroatoms. The second-order valence-corrected chi connectivity index (χ2v) is 7.05. The number of hydrogen-bond acceptors (Lipinski definition) is 4. The number of nitrogens with one attached hydrogen (secondary N) is 2. The minimum absolute atomic E-state index is 0. The molecule has 0 unspecified atom stereocenters. The van der Waals surface area contributed by atoms with Crippen LogP contribution >= 0.6 is 39.9 Å². The normalized spacial score (nSPS) is 16.1. The van der Waals surface area contributed by atoms with E-state index in [1.807, 2.05) is 12.1 Å². The van der Waals surface area contributed by atoms with Crippen LogP contribution in [0.25, 0.3) is 0 Å². The van der Waals surface area contributed by atoms with Gasteiger partial charge in [0.05, 0.1) is 13.7 Å². The van der Waals surface area contributed by atoms with Crippen LogP contribution in [0.5, 0.6) is 5.75 Å². The number of hydrogen-bond donors (Lipinski definition) is 2. The lowest BCUT2D eigenvalue weighted by Crippen LogP contribution is -2.48. The van der Waals surface area contributed by atoms with Crippen LogP contribution in [0.3, 0.4) is 0 Å². The number of guanidine groups is 1. The number of halogens is 2. The van der Waals surface area contributed by atoms with Crippen molar-refractivity contribution < 1.29 is 9.47 Å². The molecule has 1 aliphatic rings. The lowest BCUT2D eigenvalue weighted by Gasteiger charge is -2.32. The predicted octanol–water partition coefficient (Wildman–Crippen LogP) is 2.85. The van der Waals surface area contributed by atoms with Crippen LogP contribution in [0.15, 0.2) is 27.7 Å². The molecular weight excluding hydrogens is 511 g/mol. The molecule has 0 spiro atoms. The average molecular weight is 541 g/mol. The van der Waals surface area contributed by atoms with Crippen molar-refractivity contribution in [3.8, 4) is 5.75 Å². The van der Waals surface area contributed by atoms with E-state index in [0.29, 0.717) is 12.6 Å². The SMILES string of the molecule is CN=C(NCc1cc(Br)ccc1OC)NC1CCN(CCOC)CC1.I. The minimum atomic E-state index is 0. The summed E-state index contributed by atoms with van der Waals surface area (Å²) in [5.41, 5.74) is 1.09.